The van der Waals surface area contributed by atoms with E-state index < -0.39 is 6.10 Å². The van der Waals surface area contributed by atoms with E-state index in [4.69, 9.17) is 21.4 Å². The van der Waals surface area contributed by atoms with Gasteiger partial charge in [-0.1, -0.05) is 23.7 Å². The van der Waals surface area contributed by atoms with Crippen LogP contribution >= 0.6 is 11.6 Å². The summed E-state index contributed by atoms with van der Waals surface area (Å²) in [5.74, 6) is 0.648. The Labute approximate surface area is 95.0 Å². The van der Waals surface area contributed by atoms with E-state index in [1.165, 1.54) is 0 Å². The maximum absolute atomic E-state index is 9.14. The summed E-state index contributed by atoms with van der Waals surface area (Å²) in [6.07, 6.45) is -0.497. The fraction of sp³-hybridized carbons (Fsp3) is 0.455. The van der Waals surface area contributed by atoms with E-state index in [0.29, 0.717) is 17.3 Å². The minimum atomic E-state index is -0.497. The van der Waals surface area contributed by atoms with Gasteiger partial charge in [-0.2, -0.15) is 0 Å². The lowest BCUT2D eigenvalue weighted by atomic mass is 10.2. The molecular formula is C11H16ClNO2. The third kappa shape index (κ3) is 3.70. The Morgan fingerprint density at radius 3 is 2.87 bits per heavy atom. The highest BCUT2D eigenvalue weighted by Crippen LogP contribution is 2.28. The molecule has 0 amide bonds. The van der Waals surface area contributed by atoms with E-state index >= 15 is 0 Å². The van der Waals surface area contributed by atoms with Gasteiger partial charge in [0.2, 0.25) is 0 Å². The maximum Gasteiger partial charge on any atom is 0.142 e. The molecule has 15 heavy (non-hydrogen) atoms. The monoisotopic (exact) mass is 229 g/mol. The summed E-state index contributed by atoms with van der Waals surface area (Å²) in [4.78, 5) is 0. The van der Waals surface area contributed by atoms with Crippen molar-refractivity contribution in [3.05, 3.63) is 28.8 Å². The average Bonchev–Trinajstić information content (AvgIpc) is 2.17. The van der Waals surface area contributed by atoms with Gasteiger partial charge in [-0.3, -0.25) is 0 Å². The van der Waals surface area contributed by atoms with E-state index in [-0.39, 0.29) is 6.61 Å². The van der Waals surface area contributed by atoms with Gasteiger partial charge in [0.05, 0.1) is 11.1 Å². The fourth-order valence-corrected chi connectivity index (χ4v) is 1.50. The van der Waals surface area contributed by atoms with Crippen LogP contribution in [0.1, 0.15) is 12.5 Å². The molecule has 0 saturated heterocycles. The standard InChI is InChI=1S/C11H16ClNO2/c1-8(14)7-15-11-9(6-13-2)4-3-5-10(11)12/h3-5,8,13-14H,6-7H2,1-2H3. The molecule has 1 aromatic rings. The van der Waals surface area contributed by atoms with Gasteiger partial charge >= 0.3 is 0 Å². The SMILES string of the molecule is CNCc1cccc(Cl)c1OCC(C)O. The number of aliphatic hydroxyl groups excluding tert-OH is 1. The number of nitrogens with one attached hydrogen (secondary N) is 1. The molecule has 1 atom stereocenters. The van der Waals surface area contributed by atoms with Gasteiger partial charge in [-0.15, -0.1) is 0 Å². The summed E-state index contributed by atoms with van der Waals surface area (Å²) in [6, 6.07) is 5.60. The predicted molar refractivity (Wildman–Crippen MR) is 61.4 cm³/mol. The van der Waals surface area contributed by atoms with E-state index in [0.717, 1.165) is 5.56 Å². The number of halogens is 1. The molecule has 0 aromatic heterocycles. The zero-order chi connectivity index (χ0) is 11.3. The highest BCUT2D eigenvalue weighted by molar-refractivity contribution is 6.32. The summed E-state index contributed by atoms with van der Waals surface area (Å²) in [7, 11) is 1.86. The van der Waals surface area contributed by atoms with Crippen LogP contribution in [0.4, 0.5) is 0 Å². The van der Waals surface area contributed by atoms with Crippen LogP contribution in [0.15, 0.2) is 18.2 Å². The largest absolute Gasteiger partial charge is 0.489 e. The molecule has 1 rings (SSSR count). The number of aliphatic hydroxyl groups is 1. The van der Waals surface area contributed by atoms with Crippen molar-refractivity contribution in [2.75, 3.05) is 13.7 Å². The van der Waals surface area contributed by atoms with Crippen molar-refractivity contribution >= 4 is 11.6 Å². The molecule has 1 aromatic carbocycles. The van der Waals surface area contributed by atoms with Gasteiger partial charge in [0, 0.05) is 12.1 Å². The van der Waals surface area contributed by atoms with Crippen LogP contribution < -0.4 is 10.1 Å². The Balaban J connectivity index is 2.81. The highest BCUT2D eigenvalue weighted by atomic mass is 35.5. The summed E-state index contributed by atoms with van der Waals surface area (Å²) in [5.41, 5.74) is 0.991. The summed E-state index contributed by atoms with van der Waals surface area (Å²) < 4.78 is 5.46. The average molecular weight is 230 g/mol. The van der Waals surface area contributed by atoms with Crippen molar-refractivity contribution in [2.45, 2.75) is 19.6 Å². The number of hydrogen-bond donors (Lipinski definition) is 2. The van der Waals surface area contributed by atoms with E-state index in [1.807, 2.05) is 19.2 Å². The second-order valence-corrected chi connectivity index (χ2v) is 3.83. The van der Waals surface area contributed by atoms with Crippen LogP contribution in [0, 0.1) is 0 Å². The normalized spacial score (nSPS) is 12.5. The lowest BCUT2D eigenvalue weighted by Crippen LogP contribution is -2.15. The van der Waals surface area contributed by atoms with Gasteiger partial charge < -0.3 is 15.2 Å². The van der Waals surface area contributed by atoms with Gasteiger partial charge in [-0.25, -0.2) is 0 Å². The number of ether oxygens (including phenoxy) is 1. The Kier molecular flexibility index (Phi) is 4.88. The van der Waals surface area contributed by atoms with Crippen molar-refractivity contribution in [3.63, 3.8) is 0 Å². The van der Waals surface area contributed by atoms with Crippen LogP contribution in [0.3, 0.4) is 0 Å². The topological polar surface area (TPSA) is 41.5 Å². The third-order valence-electron chi connectivity index (χ3n) is 1.88. The molecule has 0 heterocycles. The van der Waals surface area contributed by atoms with Crippen molar-refractivity contribution in [1.29, 1.82) is 0 Å². The molecule has 0 fully saturated rings. The number of benzene rings is 1. The first-order chi connectivity index (χ1) is 7.15. The molecule has 2 N–H and O–H groups in total. The van der Waals surface area contributed by atoms with Crippen LogP contribution in [0.2, 0.25) is 5.02 Å². The van der Waals surface area contributed by atoms with Crippen molar-refractivity contribution in [2.24, 2.45) is 0 Å². The summed E-state index contributed by atoms with van der Waals surface area (Å²) in [5, 5.41) is 12.8. The Bertz CT molecular complexity index is 315. The van der Waals surface area contributed by atoms with Crippen LogP contribution in [0.25, 0.3) is 0 Å². The molecule has 84 valence electrons. The number of para-hydroxylation sites is 1. The lowest BCUT2D eigenvalue weighted by molar-refractivity contribution is 0.122. The Hall–Kier alpha value is -0.770. The molecule has 0 spiro atoms. The van der Waals surface area contributed by atoms with Crippen molar-refractivity contribution < 1.29 is 9.84 Å². The van der Waals surface area contributed by atoms with Gasteiger partial charge in [0.1, 0.15) is 12.4 Å². The highest BCUT2D eigenvalue weighted by Gasteiger charge is 2.08. The Morgan fingerprint density at radius 1 is 1.53 bits per heavy atom. The van der Waals surface area contributed by atoms with E-state index in [1.54, 1.807) is 13.0 Å². The first-order valence-electron chi connectivity index (χ1n) is 4.88. The minimum Gasteiger partial charge on any atom is -0.489 e. The van der Waals surface area contributed by atoms with Gasteiger partial charge in [0.15, 0.2) is 0 Å². The molecule has 0 aliphatic carbocycles. The van der Waals surface area contributed by atoms with Crippen LogP contribution in [0.5, 0.6) is 5.75 Å². The first kappa shape index (κ1) is 12.3. The minimum absolute atomic E-state index is 0.250. The number of hydrogen-bond acceptors (Lipinski definition) is 3. The van der Waals surface area contributed by atoms with E-state index in [9.17, 15) is 0 Å². The molecule has 3 nitrogen and oxygen atoms in total. The van der Waals surface area contributed by atoms with Gasteiger partial charge in [0.25, 0.3) is 0 Å². The predicted octanol–water partition coefficient (Wildman–Crippen LogP) is 1.82. The second kappa shape index (κ2) is 5.95. The molecule has 0 aliphatic heterocycles. The van der Waals surface area contributed by atoms with Crippen LogP contribution in [-0.2, 0) is 6.54 Å². The smallest absolute Gasteiger partial charge is 0.142 e. The quantitative estimate of drug-likeness (QED) is 0.810. The zero-order valence-corrected chi connectivity index (χ0v) is 9.71. The molecule has 1 unspecified atom stereocenters. The zero-order valence-electron chi connectivity index (χ0n) is 8.96. The molecule has 0 aliphatic rings. The molecule has 4 heteroatoms. The fourth-order valence-electron chi connectivity index (χ4n) is 1.25. The first-order valence-corrected chi connectivity index (χ1v) is 5.25. The lowest BCUT2D eigenvalue weighted by Gasteiger charge is -2.13. The maximum atomic E-state index is 9.14. The molecule has 0 bridgehead atoms. The number of rotatable bonds is 5. The summed E-state index contributed by atoms with van der Waals surface area (Å²) >= 11 is 6.01. The molecule has 0 saturated carbocycles. The van der Waals surface area contributed by atoms with Crippen molar-refractivity contribution in [1.82, 2.24) is 5.32 Å². The molecular weight excluding hydrogens is 214 g/mol. The van der Waals surface area contributed by atoms with Crippen molar-refractivity contribution in [3.8, 4) is 5.75 Å². The summed E-state index contributed by atoms with van der Waals surface area (Å²) in [6.45, 7) is 2.62. The second-order valence-electron chi connectivity index (χ2n) is 3.42. The Morgan fingerprint density at radius 2 is 2.27 bits per heavy atom. The third-order valence-corrected chi connectivity index (χ3v) is 2.18. The van der Waals surface area contributed by atoms with E-state index in [2.05, 4.69) is 5.32 Å². The molecule has 0 radical (unpaired) electrons. The van der Waals surface area contributed by atoms with Crippen LogP contribution in [-0.4, -0.2) is 24.9 Å². The van der Waals surface area contributed by atoms with Gasteiger partial charge in [-0.05, 0) is 20.0 Å².